The van der Waals surface area contributed by atoms with Gasteiger partial charge >= 0.3 is 0 Å². The van der Waals surface area contributed by atoms with Gasteiger partial charge in [-0.2, -0.15) is 0 Å². The number of nitrogens with one attached hydrogen (secondary N) is 1. The van der Waals surface area contributed by atoms with Crippen LogP contribution in [0.15, 0.2) is 46.9 Å². The van der Waals surface area contributed by atoms with E-state index in [9.17, 15) is 18.0 Å². The Labute approximate surface area is 206 Å². The summed E-state index contributed by atoms with van der Waals surface area (Å²) in [6.45, 7) is 3.27. The van der Waals surface area contributed by atoms with Crippen molar-refractivity contribution >= 4 is 66.7 Å². The number of amides is 2. The van der Waals surface area contributed by atoms with Gasteiger partial charge in [0.2, 0.25) is 21.8 Å². The van der Waals surface area contributed by atoms with Crippen LogP contribution in [-0.4, -0.2) is 50.5 Å². The first-order chi connectivity index (χ1) is 14.9. The lowest BCUT2D eigenvalue weighted by atomic mass is 10.1. The van der Waals surface area contributed by atoms with Crippen LogP contribution < -0.4 is 9.62 Å². The van der Waals surface area contributed by atoms with Crippen LogP contribution in [0.2, 0.25) is 10.0 Å². The number of halogens is 3. The van der Waals surface area contributed by atoms with E-state index in [0.717, 1.165) is 15.0 Å². The first-order valence-electron chi connectivity index (χ1n) is 9.68. The van der Waals surface area contributed by atoms with Gasteiger partial charge in [0.25, 0.3) is 0 Å². The van der Waals surface area contributed by atoms with E-state index < -0.39 is 28.5 Å². The summed E-state index contributed by atoms with van der Waals surface area (Å²) < 4.78 is 26.7. The molecule has 2 aromatic carbocycles. The Kier molecular flexibility index (Phi) is 9.39. The molecule has 0 heterocycles. The van der Waals surface area contributed by atoms with E-state index in [1.54, 1.807) is 56.3 Å². The topological polar surface area (TPSA) is 86.8 Å². The maximum absolute atomic E-state index is 13.3. The van der Waals surface area contributed by atoms with Gasteiger partial charge in [-0.05, 0) is 55.8 Å². The summed E-state index contributed by atoms with van der Waals surface area (Å²) in [5.41, 5.74) is 0.911. The minimum Gasteiger partial charge on any atom is -0.355 e. The third-order valence-electron chi connectivity index (χ3n) is 4.67. The molecule has 2 rings (SSSR count). The number of sulfonamides is 1. The zero-order valence-electron chi connectivity index (χ0n) is 17.8. The molecule has 0 saturated heterocycles. The Morgan fingerprint density at radius 1 is 1.12 bits per heavy atom. The molecule has 0 saturated carbocycles. The second kappa shape index (κ2) is 11.4. The van der Waals surface area contributed by atoms with E-state index >= 15 is 0 Å². The number of carbonyl (C=O) groups excluding carboxylic acids is 2. The largest absolute Gasteiger partial charge is 0.355 e. The summed E-state index contributed by atoms with van der Waals surface area (Å²) in [4.78, 5) is 27.1. The number of anilines is 1. The summed E-state index contributed by atoms with van der Waals surface area (Å²) in [5, 5.41) is 3.46. The predicted molar refractivity (Wildman–Crippen MR) is 131 cm³/mol. The molecule has 174 valence electrons. The zero-order valence-corrected chi connectivity index (χ0v) is 21.7. The number of benzene rings is 2. The summed E-state index contributed by atoms with van der Waals surface area (Å²) in [6.07, 6.45) is 1.02. The molecule has 0 aliphatic carbocycles. The Balaban J connectivity index is 2.40. The fourth-order valence-electron chi connectivity index (χ4n) is 2.96. The normalized spacial score (nSPS) is 12.2. The van der Waals surface area contributed by atoms with Gasteiger partial charge in [0.1, 0.15) is 12.6 Å². The third-order valence-corrected chi connectivity index (χ3v) is 6.92. The lowest BCUT2D eigenvalue weighted by Gasteiger charge is -2.31. The summed E-state index contributed by atoms with van der Waals surface area (Å²) >= 11 is 15.5. The molecule has 1 unspecified atom stereocenters. The fourth-order valence-corrected chi connectivity index (χ4v) is 4.54. The molecule has 1 atom stereocenters. The highest BCUT2D eigenvalue weighted by Crippen LogP contribution is 2.25. The van der Waals surface area contributed by atoms with Crippen LogP contribution >= 0.6 is 39.1 Å². The molecule has 0 radical (unpaired) electrons. The molecule has 2 aromatic rings. The lowest BCUT2D eigenvalue weighted by Crippen LogP contribution is -2.51. The number of hydrogen-bond acceptors (Lipinski definition) is 4. The average Bonchev–Trinajstić information content (AvgIpc) is 2.71. The Morgan fingerprint density at radius 2 is 1.75 bits per heavy atom. The minimum absolute atomic E-state index is 0.00504. The fraction of sp³-hybridized carbons (Fsp3) is 0.333. The van der Waals surface area contributed by atoms with Gasteiger partial charge in [0, 0.05) is 27.6 Å². The van der Waals surface area contributed by atoms with E-state index in [1.165, 1.54) is 4.90 Å². The molecular formula is C21H24BrCl2N3O4S. The third kappa shape index (κ3) is 7.10. The van der Waals surface area contributed by atoms with Crippen molar-refractivity contribution < 1.29 is 18.0 Å². The van der Waals surface area contributed by atoms with E-state index in [-0.39, 0.29) is 12.5 Å². The number of likely N-dealkylation sites (N-methyl/N-ethyl adjacent to an activating group) is 1. The van der Waals surface area contributed by atoms with E-state index in [4.69, 9.17) is 23.2 Å². The van der Waals surface area contributed by atoms with E-state index in [2.05, 4.69) is 21.2 Å². The van der Waals surface area contributed by atoms with Gasteiger partial charge in [-0.3, -0.25) is 13.9 Å². The monoisotopic (exact) mass is 563 g/mol. The highest BCUT2D eigenvalue weighted by atomic mass is 79.9. The van der Waals surface area contributed by atoms with Crippen LogP contribution in [-0.2, 0) is 26.2 Å². The predicted octanol–water partition coefficient (Wildman–Crippen LogP) is 4.08. The molecule has 0 spiro atoms. The van der Waals surface area contributed by atoms with Gasteiger partial charge in [-0.25, -0.2) is 8.42 Å². The van der Waals surface area contributed by atoms with Gasteiger partial charge in [0.15, 0.2) is 0 Å². The molecule has 2 amide bonds. The molecular weight excluding hydrogens is 541 g/mol. The highest BCUT2D eigenvalue weighted by molar-refractivity contribution is 9.10. The zero-order chi connectivity index (χ0) is 24.1. The maximum atomic E-state index is 13.3. The van der Waals surface area contributed by atoms with Crippen molar-refractivity contribution in [3.63, 3.8) is 0 Å². The van der Waals surface area contributed by atoms with Crippen molar-refractivity contribution in [2.24, 2.45) is 0 Å². The summed E-state index contributed by atoms with van der Waals surface area (Å²) in [6, 6.07) is 10.5. The molecule has 0 fully saturated rings. The smallest absolute Gasteiger partial charge is 0.244 e. The maximum Gasteiger partial charge on any atom is 0.244 e. The van der Waals surface area contributed by atoms with Crippen LogP contribution in [0.5, 0.6) is 0 Å². The lowest BCUT2D eigenvalue weighted by molar-refractivity contribution is -0.139. The van der Waals surface area contributed by atoms with E-state index in [1.807, 2.05) is 0 Å². The number of rotatable bonds is 9. The van der Waals surface area contributed by atoms with E-state index in [0.29, 0.717) is 27.8 Å². The van der Waals surface area contributed by atoms with Crippen LogP contribution in [0.4, 0.5) is 5.69 Å². The summed E-state index contributed by atoms with van der Waals surface area (Å²) in [5.74, 6) is -0.913. The molecule has 0 bridgehead atoms. The van der Waals surface area contributed by atoms with Crippen molar-refractivity contribution in [3.8, 4) is 0 Å². The quantitative estimate of drug-likeness (QED) is 0.497. The Morgan fingerprint density at radius 3 is 2.28 bits per heavy atom. The first-order valence-corrected chi connectivity index (χ1v) is 13.1. The first kappa shape index (κ1) is 26.4. The summed E-state index contributed by atoms with van der Waals surface area (Å²) in [7, 11) is -3.78. The molecule has 11 heteroatoms. The van der Waals surface area contributed by atoms with Gasteiger partial charge in [0.05, 0.1) is 11.9 Å². The van der Waals surface area contributed by atoms with Crippen LogP contribution in [0.3, 0.4) is 0 Å². The highest BCUT2D eigenvalue weighted by Gasteiger charge is 2.30. The molecule has 0 aromatic heterocycles. The van der Waals surface area contributed by atoms with Crippen molar-refractivity contribution in [1.82, 2.24) is 10.2 Å². The van der Waals surface area contributed by atoms with Gasteiger partial charge in [-0.1, -0.05) is 45.2 Å². The SMILES string of the molecule is CCNC(=O)C(C)N(Cc1ccc(Cl)cc1Cl)C(=O)CN(c1ccc(Br)cc1)S(C)(=O)=O. The van der Waals surface area contributed by atoms with Crippen LogP contribution in [0.1, 0.15) is 19.4 Å². The molecule has 32 heavy (non-hydrogen) atoms. The van der Waals surface area contributed by atoms with Crippen LogP contribution in [0.25, 0.3) is 0 Å². The molecule has 0 aliphatic rings. The second-order valence-corrected chi connectivity index (χ2v) is 10.7. The van der Waals surface area contributed by atoms with Gasteiger partial charge < -0.3 is 10.2 Å². The van der Waals surface area contributed by atoms with Gasteiger partial charge in [-0.15, -0.1) is 0 Å². The number of nitrogens with zero attached hydrogens (tertiary/aromatic N) is 2. The van der Waals surface area contributed by atoms with Crippen LogP contribution in [0, 0.1) is 0 Å². The minimum atomic E-state index is -3.78. The standard InChI is InChI=1S/C21H24BrCl2N3O4S/c1-4-25-21(29)14(2)26(12-15-5-8-17(23)11-19(15)24)20(28)13-27(32(3,30)31)18-9-6-16(22)7-10-18/h5-11,14H,4,12-13H2,1-3H3,(H,25,29). The average molecular weight is 565 g/mol. The Hall–Kier alpha value is -1.81. The van der Waals surface area contributed by atoms with Crippen molar-refractivity contribution in [2.75, 3.05) is 23.7 Å². The van der Waals surface area contributed by atoms with Crippen molar-refractivity contribution in [1.29, 1.82) is 0 Å². The van der Waals surface area contributed by atoms with Crippen molar-refractivity contribution in [2.45, 2.75) is 26.4 Å². The number of carbonyl (C=O) groups is 2. The molecule has 1 N–H and O–H groups in total. The van der Waals surface area contributed by atoms with Crippen molar-refractivity contribution in [3.05, 3.63) is 62.5 Å². The Bertz CT molecular complexity index is 1080. The molecule has 0 aliphatic heterocycles. The number of hydrogen-bond donors (Lipinski definition) is 1. The molecule has 7 nitrogen and oxygen atoms in total. The second-order valence-electron chi connectivity index (χ2n) is 7.07.